The second-order valence-corrected chi connectivity index (χ2v) is 7.79. The van der Waals surface area contributed by atoms with Gasteiger partial charge < -0.3 is 5.32 Å². The molecule has 2 atom stereocenters. The summed E-state index contributed by atoms with van der Waals surface area (Å²) in [6, 6.07) is 0.395. The van der Waals surface area contributed by atoms with Crippen LogP contribution >= 0.6 is 0 Å². The molecule has 1 N–H and O–H groups in total. The Labute approximate surface area is 112 Å². The van der Waals surface area contributed by atoms with Crippen molar-refractivity contribution in [2.24, 2.45) is 11.8 Å². The maximum Gasteiger partial charge on any atom is 0.214 e. The zero-order chi connectivity index (χ0) is 13.8. The van der Waals surface area contributed by atoms with Crippen LogP contribution in [0.4, 0.5) is 0 Å². The van der Waals surface area contributed by atoms with Crippen molar-refractivity contribution in [3.05, 3.63) is 0 Å². The number of nitrogens with one attached hydrogen (secondary N) is 1. The maximum atomic E-state index is 12.2. The lowest BCUT2D eigenvalue weighted by Crippen LogP contribution is -2.47. The number of rotatable bonds is 6. The topological polar surface area (TPSA) is 49.4 Å². The zero-order valence-electron chi connectivity index (χ0n) is 12.1. The van der Waals surface area contributed by atoms with Gasteiger partial charge in [-0.3, -0.25) is 0 Å². The second kappa shape index (κ2) is 6.87. The first kappa shape index (κ1) is 15.9. The van der Waals surface area contributed by atoms with E-state index < -0.39 is 10.0 Å². The zero-order valence-corrected chi connectivity index (χ0v) is 13.0. The Hall–Kier alpha value is -0.130. The molecule has 0 bridgehead atoms. The van der Waals surface area contributed by atoms with Crippen molar-refractivity contribution >= 4 is 10.0 Å². The molecule has 1 rings (SSSR count). The largest absolute Gasteiger partial charge is 0.314 e. The number of piperidine rings is 1. The monoisotopic (exact) mass is 276 g/mol. The highest BCUT2D eigenvalue weighted by Gasteiger charge is 2.31. The van der Waals surface area contributed by atoms with Crippen molar-refractivity contribution in [1.82, 2.24) is 9.62 Å². The summed E-state index contributed by atoms with van der Waals surface area (Å²) in [7, 11) is -3.06. The van der Waals surface area contributed by atoms with E-state index in [0.29, 0.717) is 25.0 Å². The number of hydrogen-bond donors (Lipinski definition) is 1. The van der Waals surface area contributed by atoms with E-state index in [2.05, 4.69) is 19.2 Å². The van der Waals surface area contributed by atoms with Crippen LogP contribution in [0.15, 0.2) is 0 Å². The van der Waals surface area contributed by atoms with Gasteiger partial charge >= 0.3 is 0 Å². The summed E-state index contributed by atoms with van der Waals surface area (Å²) in [6.07, 6.45) is 2.11. The number of sulfonamides is 1. The molecule has 0 saturated carbocycles. The van der Waals surface area contributed by atoms with Gasteiger partial charge in [-0.2, -0.15) is 0 Å². The van der Waals surface area contributed by atoms with Gasteiger partial charge in [0.25, 0.3) is 0 Å². The van der Waals surface area contributed by atoms with Crippen LogP contribution in [0.3, 0.4) is 0 Å². The van der Waals surface area contributed by atoms with E-state index in [1.165, 1.54) is 0 Å². The lowest BCUT2D eigenvalue weighted by molar-refractivity contribution is 0.225. The first-order valence-electron chi connectivity index (χ1n) is 7.08. The highest BCUT2D eigenvalue weighted by atomic mass is 32.2. The van der Waals surface area contributed by atoms with Gasteiger partial charge in [0.05, 0.1) is 5.75 Å². The molecule has 18 heavy (non-hydrogen) atoms. The third-order valence-corrected chi connectivity index (χ3v) is 5.80. The Morgan fingerprint density at radius 2 is 2.00 bits per heavy atom. The molecule has 0 aromatic rings. The fourth-order valence-corrected chi connectivity index (χ4v) is 4.53. The van der Waals surface area contributed by atoms with Gasteiger partial charge in [0.1, 0.15) is 0 Å². The van der Waals surface area contributed by atoms with E-state index in [1.807, 2.05) is 13.8 Å². The predicted octanol–water partition coefficient (Wildman–Crippen LogP) is 1.68. The fraction of sp³-hybridized carbons (Fsp3) is 1.00. The first-order valence-corrected chi connectivity index (χ1v) is 8.69. The van der Waals surface area contributed by atoms with E-state index in [4.69, 9.17) is 0 Å². The average molecular weight is 276 g/mol. The Morgan fingerprint density at radius 3 is 2.56 bits per heavy atom. The molecule has 1 saturated heterocycles. The lowest BCUT2D eigenvalue weighted by atomic mass is 9.93. The van der Waals surface area contributed by atoms with Crippen molar-refractivity contribution in [2.45, 2.75) is 46.6 Å². The minimum atomic E-state index is -3.06. The molecule has 0 radical (unpaired) electrons. The molecule has 1 fully saturated rings. The minimum Gasteiger partial charge on any atom is -0.314 e. The summed E-state index contributed by atoms with van der Waals surface area (Å²) in [5.74, 6) is 0.914. The Morgan fingerprint density at radius 1 is 1.33 bits per heavy atom. The van der Waals surface area contributed by atoms with Crippen LogP contribution in [0.1, 0.15) is 40.5 Å². The van der Waals surface area contributed by atoms with E-state index in [1.54, 1.807) is 4.31 Å². The summed E-state index contributed by atoms with van der Waals surface area (Å²) < 4.78 is 26.2. The first-order chi connectivity index (χ1) is 8.36. The highest BCUT2D eigenvalue weighted by molar-refractivity contribution is 7.89. The van der Waals surface area contributed by atoms with Crippen LogP contribution in [0.25, 0.3) is 0 Å². The van der Waals surface area contributed by atoms with Crippen LogP contribution in [0, 0.1) is 11.8 Å². The van der Waals surface area contributed by atoms with Gasteiger partial charge in [-0.1, -0.05) is 20.8 Å². The van der Waals surface area contributed by atoms with E-state index in [9.17, 15) is 8.42 Å². The normalized spacial score (nSPS) is 24.4. The van der Waals surface area contributed by atoms with Gasteiger partial charge in [0.15, 0.2) is 0 Å². The van der Waals surface area contributed by atoms with Crippen LogP contribution in [0.5, 0.6) is 0 Å². The molecular formula is C13H28N2O2S. The SMILES string of the molecule is CCNC(C)C1CCCN(S(=O)(=O)CC(C)C)C1. The molecule has 0 amide bonds. The van der Waals surface area contributed by atoms with Crippen molar-refractivity contribution < 1.29 is 8.42 Å². The summed E-state index contributed by atoms with van der Waals surface area (Å²) in [6.45, 7) is 10.5. The van der Waals surface area contributed by atoms with E-state index >= 15 is 0 Å². The molecule has 0 aliphatic carbocycles. The van der Waals surface area contributed by atoms with Crippen molar-refractivity contribution in [3.8, 4) is 0 Å². The molecule has 0 aromatic heterocycles. The van der Waals surface area contributed by atoms with Gasteiger partial charge in [-0.15, -0.1) is 0 Å². The molecular weight excluding hydrogens is 248 g/mol. The molecule has 1 aliphatic rings. The van der Waals surface area contributed by atoms with Gasteiger partial charge in [0.2, 0.25) is 10.0 Å². The van der Waals surface area contributed by atoms with Gasteiger partial charge in [-0.05, 0) is 38.1 Å². The molecule has 1 heterocycles. The summed E-state index contributed by atoms with van der Waals surface area (Å²) >= 11 is 0. The average Bonchev–Trinajstić information content (AvgIpc) is 2.28. The van der Waals surface area contributed by atoms with E-state index in [0.717, 1.165) is 19.4 Å². The smallest absolute Gasteiger partial charge is 0.214 e. The fourth-order valence-electron chi connectivity index (χ4n) is 2.65. The predicted molar refractivity (Wildman–Crippen MR) is 76.1 cm³/mol. The highest BCUT2D eigenvalue weighted by Crippen LogP contribution is 2.23. The molecule has 5 heteroatoms. The second-order valence-electron chi connectivity index (χ2n) is 5.78. The summed E-state index contributed by atoms with van der Waals surface area (Å²) in [5.41, 5.74) is 0. The number of hydrogen-bond acceptors (Lipinski definition) is 3. The number of nitrogens with zero attached hydrogens (tertiary/aromatic N) is 1. The Kier molecular flexibility index (Phi) is 6.08. The molecule has 108 valence electrons. The van der Waals surface area contributed by atoms with Crippen LogP contribution in [0.2, 0.25) is 0 Å². The van der Waals surface area contributed by atoms with Gasteiger partial charge in [-0.25, -0.2) is 12.7 Å². The molecule has 1 aliphatic heterocycles. The Balaban J connectivity index is 2.63. The van der Waals surface area contributed by atoms with Crippen molar-refractivity contribution in [3.63, 3.8) is 0 Å². The summed E-state index contributed by atoms with van der Waals surface area (Å²) in [4.78, 5) is 0. The van der Waals surface area contributed by atoms with E-state index in [-0.39, 0.29) is 11.7 Å². The molecule has 0 aromatic carbocycles. The standard InChI is InChI=1S/C13H28N2O2S/c1-5-14-12(4)13-7-6-8-15(9-13)18(16,17)10-11(2)3/h11-14H,5-10H2,1-4H3. The third-order valence-electron chi connectivity index (χ3n) is 3.59. The third kappa shape index (κ3) is 4.52. The molecule has 0 spiro atoms. The lowest BCUT2D eigenvalue weighted by Gasteiger charge is -2.35. The van der Waals surface area contributed by atoms with Crippen molar-refractivity contribution in [2.75, 3.05) is 25.4 Å². The molecule has 4 nitrogen and oxygen atoms in total. The van der Waals surface area contributed by atoms with Crippen LogP contribution < -0.4 is 5.32 Å². The van der Waals surface area contributed by atoms with Gasteiger partial charge in [0, 0.05) is 19.1 Å². The molecule has 2 unspecified atom stereocenters. The van der Waals surface area contributed by atoms with Crippen LogP contribution in [-0.4, -0.2) is 44.2 Å². The maximum absolute atomic E-state index is 12.2. The quantitative estimate of drug-likeness (QED) is 0.803. The van der Waals surface area contributed by atoms with Crippen LogP contribution in [-0.2, 0) is 10.0 Å². The minimum absolute atomic E-state index is 0.196. The Bertz CT molecular complexity index is 341. The van der Waals surface area contributed by atoms with Crippen molar-refractivity contribution in [1.29, 1.82) is 0 Å². The summed E-state index contributed by atoms with van der Waals surface area (Å²) in [5, 5.41) is 3.41.